The average molecular weight is 246 g/mol. The minimum absolute atomic E-state index is 0.368. The van der Waals surface area contributed by atoms with E-state index in [1.54, 1.807) is 6.92 Å². The third-order valence-corrected chi connectivity index (χ3v) is 2.69. The van der Waals surface area contributed by atoms with Crippen LogP contribution in [0.25, 0.3) is 4.85 Å². The van der Waals surface area contributed by atoms with Gasteiger partial charge in [-0.15, -0.1) is 0 Å². The second-order valence-corrected chi connectivity index (χ2v) is 3.84. The van der Waals surface area contributed by atoms with Crippen LogP contribution in [0.15, 0.2) is 35.5 Å². The van der Waals surface area contributed by atoms with E-state index in [2.05, 4.69) is 10.0 Å². The maximum Gasteiger partial charge on any atom is 0.318 e. The fourth-order valence-corrected chi connectivity index (χ4v) is 1.79. The van der Waals surface area contributed by atoms with Gasteiger partial charge in [-0.05, 0) is 6.92 Å². The van der Waals surface area contributed by atoms with E-state index in [4.69, 9.17) is 16.1 Å². The molecule has 1 aliphatic rings. The van der Waals surface area contributed by atoms with Gasteiger partial charge in [0.1, 0.15) is 5.71 Å². The van der Waals surface area contributed by atoms with Crippen molar-refractivity contribution in [3.8, 4) is 0 Å². The van der Waals surface area contributed by atoms with E-state index in [-0.39, 0.29) is 0 Å². The van der Waals surface area contributed by atoms with Crippen LogP contribution in [-0.2, 0) is 9.57 Å². The topological polar surface area (TPSA) is 55.4 Å². The first kappa shape index (κ1) is 12.6. The molecule has 0 spiro atoms. The number of rotatable bonds is 3. The van der Waals surface area contributed by atoms with Gasteiger partial charge >= 0.3 is 12.3 Å². The Morgan fingerprint density at radius 1 is 1.44 bits per heavy atom. The third-order valence-electron chi connectivity index (χ3n) is 2.69. The van der Waals surface area contributed by atoms with Gasteiger partial charge in [0.15, 0.2) is 6.10 Å². The maximum absolute atomic E-state index is 10.2. The molecule has 1 heterocycles. The van der Waals surface area contributed by atoms with Gasteiger partial charge in [-0.2, -0.15) is 0 Å². The maximum atomic E-state index is 10.2. The molecule has 3 atom stereocenters. The molecular weight excluding hydrogens is 232 g/mol. The zero-order valence-corrected chi connectivity index (χ0v) is 9.98. The van der Waals surface area contributed by atoms with Crippen LogP contribution in [0.3, 0.4) is 0 Å². The van der Waals surface area contributed by atoms with Crippen LogP contribution >= 0.6 is 0 Å². The Labute approximate surface area is 105 Å². The lowest BCUT2D eigenvalue weighted by Gasteiger charge is -2.26. The van der Waals surface area contributed by atoms with Crippen LogP contribution < -0.4 is 0 Å². The van der Waals surface area contributed by atoms with Crippen molar-refractivity contribution in [1.29, 1.82) is 0 Å². The number of benzene rings is 1. The molecule has 1 aromatic rings. The second-order valence-electron chi connectivity index (χ2n) is 3.84. The van der Waals surface area contributed by atoms with Gasteiger partial charge in [-0.25, -0.2) is 6.57 Å². The minimum Gasteiger partial charge on any atom is -0.379 e. The Balaban J connectivity index is 2.27. The average Bonchev–Trinajstić information content (AvgIpc) is 2.40. The normalized spacial score (nSPS) is 26.9. The summed E-state index contributed by atoms with van der Waals surface area (Å²) in [4.78, 5) is 8.52. The van der Waals surface area contributed by atoms with Crippen molar-refractivity contribution in [3.05, 3.63) is 47.3 Å². The number of hydrogen-bond donors (Lipinski definition) is 1. The molecule has 0 radical (unpaired) electrons. The van der Waals surface area contributed by atoms with Crippen LogP contribution in [-0.4, -0.2) is 35.9 Å². The van der Waals surface area contributed by atoms with Crippen molar-refractivity contribution < 1.29 is 14.7 Å². The van der Waals surface area contributed by atoms with Crippen molar-refractivity contribution in [1.82, 2.24) is 0 Å². The lowest BCUT2D eigenvalue weighted by Crippen LogP contribution is -2.46. The molecule has 18 heavy (non-hydrogen) atoms. The summed E-state index contributed by atoms with van der Waals surface area (Å²) in [5, 5.41) is 14.1. The van der Waals surface area contributed by atoms with Crippen molar-refractivity contribution in [2.45, 2.75) is 25.4 Å². The first-order valence-corrected chi connectivity index (χ1v) is 5.73. The Hall–Kier alpha value is -1.90. The van der Waals surface area contributed by atoms with Gasteiger partial charge < -0.3 is 19.5 Å². The van der Waals surface area contributed by atoms with E-state index in [1.807, 2.05) is 30.3 Å². The Bertz CT molecular complexity index is 467. The lowest BCUT2D eigenvalue weighted by atomic mass is 9.99. The zero-order valence-electron chi connectivity index (χ0n) is 9.98. The summed E-state index contributed by atoms with van der Waals surface area (Å²) in [6.45, 7) is 9.34. The first-order valence-electron chi connectivity index (χ1n) is 5.73. The van der Waals surface area contributed by atoms with Crippen LogP contribution in [0.5, 0.6) is 0 Å². The van der Waals surface area contributed by atoms with E-state index >= 15 is 0 Å². The van der Waals surface area contributed by atoms with Crippen LogP contribution in [0.1, 0.15) is 12.5 Å². The van der Waals surface area contributed by atoms with Crippen LogP contribution in [0.2, 0.25) is 0 Å². The van der Waals surface area contributed by atoms with Crippen LogP contribution in [0, 0.1) is 6.57 Å². The Morgan fingerprint density at radius 3 is 2.78 bits per heavy atom. The molecular formula is C13H14N2O3. The smallest absolute Gasteiger partial charge is 0.318 e. The molecule has 5 heteroatoms. The molecule has 0 unspecified atom stereocenters. The summed E-state index contributed by atoms with van der Waals surface area (Å²) in [6, 6.07) is 8.38. The molecule has 94 valence electrons. The molecule has 0 bridgehead atoms. The standard InChI is InChI=1S/C13H14N2O3/c1-3-17-13-11(14-2)12(16)10(15-18-13)9-7-5-4-6-8-9/h4-8,11-13,16H,3H2,1H3/t11-,12-,13-/m1/s1. The molecule has 0 saturated carbocycles. The summed E-state index contributed by atoms with van der Waals surface area (Å²) in [5.74, 6) is 0. The van der Waals surface area contributed by atoms with Gasteiger partial charge in [0.2, 0.25) is 0 Å². The molecule has 2 rings (SSSR count). The highest BCUT2D eigenvalue weighted by molar-refractivity contribution is 6.04. The van der Waals surface area contributed by atoms with Gasteiger partial charge in [0, 0.05) is 12.2 Å². The lowest BCUT2D eigenvalue weighted by molar-refractivity contribution is -0.163. The first-order chi connectivity index (χ1) is 8.77. The SMILES string of the molecule is [C-]#[N+][C@H]1[C@H](OCC)ON=C(c2ccccc2)[C@H]1O. The summed E-state index contributed by atoms with van der Waals surface area (Å²) in [7, 11) is 0. The third kappa shape index (κ3) is 2.35. The highest BCUT2D eigenvalue weighted by Crippen LogP contribution is 2.21. The molecule has 1 N–H and O–H groups in total. The molecule has 1 aromatic carbocycles. The van der Waals surface area contributed by atoms with Crippen molar-refractivity contribution in [2.24, 2.45) is 5.16 Å². The molecule has 0 aliphatic carbocycles. The number of nitrogens with zero attached hydrogens (tertiary/aromatic N) is 2. The predicted octanol–water partition coefficient (Wildman–Crippen LogP) is 1.43. The number of oxime groups is 1. The molecule has 0 amide bonds. The quantitative estimate of drug-likeness (QED) is 0.821. The summed E-state index contributed by atoms with van der Waals surface area (Å²) < 4.78 is 5.24. The molecule has 5 nitrogen and oxygen atoms in total. The largest absolute Gasteiger partial charge is 0.379 e. The number of hydrogen-bond acceptors (Lipinski definition) is 4. The Morgan fingerprint density at radius 2 is 2.17 bits per heavy atom. The van der Waals surface area contributed by atoms with Gasteiger partial charge in [-0.3, -0.25) is 0 Å². The van der Waals surface area contributed by atoms with E-state index in [0.29, 0.717) is 12.3 Å². The Kier molecular flexibility index (Phi) is 3.92. The van der Waals surface area contributed by atoms with E-state index < -0.39 is 18.4 Å². The van der Waals surface area contributed by atoms with Gasteiger partial charge in [0.05, 0.1) is 0 Å². The highest BCUT2D eigenvalue weighted by Gasteiger charge is 2.43. The van der Waals surface area contributed by atoms with Gasteiger partial charge in [0.25, 0.3) is 0 Å². The zero-order chi connectivity index (χ0) is 13.0. The highest BCUT2D eigenvalue weighted by atomic mass is 16.8. The van der Waals surface area contributed by atoms with Crippen molar-refractivity contribution in [3.63, 3.8) is 0 Å². The van der Waals surface area contributed by atoms with E-state index in [9.17, 15) is 5.11 Å². The minimum atomic E-state index is -1.00. The van der Waals surface area contributed by atoms with E-state index in [1.165, 1.54) is 0 Å². The van der Waals surface area contributed by atoms with Crippen molar-refractivity contribution >= 4 is 5.71 Å². The summed E-state index contributed by atoms with van der Waals surface area (Å²) in [6.07, 6.45) is -1.81. The second kappa shape index (κ2) is 5.63. The fourth-order valence-electron chi connectivity index (χ4n) is 1.79. The predicted molar refractivity (Wildman–Crippen MR) is 65.9 cm³/mol. The fraction of sp³-hybridized carbons (Fsp3) is 0.385. The molecule has 0 fully saturated rings. The molecule has 0 saturated heterocycles. The monoisotopic (exact) mass is 246 g/mol. The number of aliphatic hydroxyl groups is 1. The number of aliphatic hydroxyl groups excluding tert-OH is 1. The molecule has 1 aliphatic heterocycles. The van der Waals surface area contributed by atoms with Gasteiger partial charge in [-0.1, -0.05) is 35.5 Å². The summed E-state index contributed by atoms with van der Waals surface area (Å²) >= 11 is 0. The van der Waals surface area contributed by atoms with E-state index in [0.717, 1.165) is 5.56 Å². The van der Waals surface area contributed by atoms with Crippen LogP contribution in [0.4, 0.5) is 0 Å². The molecule has 0 aromatic heterocycles. The number of ether oxygens (including phenoxy) is 1. The van der Waals surface area contributed by atoms with Crippen molar-refractivity contribution in [2.75, 3.05) is 6.61 Å². The summed E-state index contributed by atoms with van der Waals surface area (Å²) in [5.41, 5.74) is 1.11.